The number of nitrogens with one attached hydrogen (secondary N) is 3. The number of hydrogen-bond donors (Lipinski definition) is 3. The first-order chi connectivity index (χ1) is 20.9. The van der Waals surface area contributed by atoms with Crippen molar-refractivity contribution in [3.8, 4) is 0 Å². The van der Waals surface area contributed by atoms with Gasteiger partial charge in [0.15, 0.2) is 11.6 Å². The number of aryl methyl sites for hydroxylation is 1. The van der Waals surface area contributed by atoms with Gasteiger partial charge in [-0.25, -0.2) is 9.78 Å². The zero-order chi connectivity index (χ0) is 31.6. The summed E-state index contributed by atoms with van der Waals surface area (Å²) in [5.74, 6) is -1.53. The highest BCUT2D eigenvalue weighted by atomic mass is 32.1. The third kappa shape index (κ3) is 7.06. The van der Waals surface area contributed by atoms with Crippen LogP contribution >= 0.6 is 11.3 Å². The van der Waals surface area contributed by atoms with Crippen LogP contribution in [0.1, 0.15) is 58.5 Å². The normalized spacial score (nSPS) is 11.4. The lowest BCUT2D eigenvalue weighted by molar-refractivity contribution is -0.152. The van der Waals surface area contributed by atoms with Crippen molar-refractivity contribution in [3.63, 3.8) is 0 Å². The van der Waals surface area contributed by atoms with E-state index in [1.54, 1.807) is 44.3 Å². The molecule has 3 N–H and O–H groups in total. The van der Waals surface area contributed by atoms with Crippen molar-refractivity contribution in [2.45, 2.75) is 33.3 Å². The molecule has 0 saturated carbocycles. The zero-order valence-corrected chi connectivity index (χ0v) is 25.6. The second kappa shape index (κ2) is 12.2. The molecule has 228 valence electrons. The van der Waals surface area contributed by atoms with Crippen LogP contribution in [0.15, 0.2) is 59.1 Å². The number of carbonyl (C=O) groups is 4. The molecule has 13 heteroatoms. The average molecular weight is 618 g/mol. The monoisotopic (exact) mass is 617 g/mol. The van der Waals surface area contributed by atoms with Crippen LogP contribution < -0.4 is 16.0 Å². The van der Waals surface area contributed by atoms with Crippen LogP contribution in [0.25, 0.3) is 21.1 Å². The molecular formula is C31H31N5O7S. The molecule has 12 nitrogen and oxygen atoms in total. The van der Waals surface area contributed by atoms with E-state index in [1.165, 1.54) is 22.1 Å². The Bertz CT molecular complexity index is 1900. The number of nitrogens with zero attached hydrogens (tertiary/aromatic N) is 2. The number of hydrogen-bond acceptors (Lipinski definition) is 10. The van der Waals surface area contributed by atoms with Gasteiger partial charge in [0.1, 0.15) is 17.7 Å². The second-order valence-corrected chi connectivity index (χ2v) is 11.9. The number of imidazole rings is 1. The number of amides is 2. The Balaban J connectivity index is 1.24. The van der Waals surface area contributed by atoms with E-state index >= 15 is 0 Å². The van der Waals surface area contributed by atoms with Crippen molar-refractivity contribution in [1.29, 1.82) is 0 Å². The SMILES string of the molecule is CCOC(=O)c1nc(NC(=O)c2cc3cc(NC(=O)c4cc5cc(NCC(=O)OC(C)(C)C)ccc5s4)ccc3o2)cn1C. The summed E-state index contributed by atoms with van der Waals surface area (Å²) in [5, 5.41) is 10.0. The molecule has 0 fully saturated rings. The van der Waals surface area contributed by atoms with Crippen LogP contribution in [0.5, 0.6) is 0 Å². The predicted molar refractivity (Wildman–Crippen MR) is 167 cm³/mol. The molecule has 0 atom stereocenters. The Labute approximate surface area is 256 Å². The lowest BCUT2D eigenvalue weighted by atomic mass is 10.2. The molecule has 2 aromatic carbocycles. The van der Waals surface area contributed by atoms with E-state index < -0.39 is 17.5 Å². The lowest BCUT2D eigenvalue weighted by Gasteiger charge is -2.19. The predicted octanol–water partition coefficient (Wildman–Crippen LogP) is 5.82. The molecule has 3 aromatic heterocycles. The van der Waals surface area contributed by atoms with Crippen molar-refractivity contribution >= 4 is 73.3 Å². The van der Waals surface area contributed by atoms with E-state index in [9.17, 15) is 19.2 Å². The van der Waals surface area contributed by atoms with Crippen LogP contribution in [0.2, 0.25) is 0 Å². The van der Waals surface area contributed by atoms with Gasteiger partial charge in [0.05, 0.1) is 11.5 Å². The highest BCUT2D eigenvalue weighted by Gasteiger charge is 2.20. The zero-order valence-electron chi connectivity index (χ0n) is 24.8. The van der Waals surface area contributed by atoms with E-state index in [1.807, 2.05) is 39.0 Å². The maximum Gasteiger partial charge on any atom is 0.374 e. The van der Waals surface area contributed by atoms with Gasteiger partial charge in [-0.05, 0) is 81.6 Å². The first kappa shape index (κ1) is 30.3. The summed E-state index contributed by atoms with van der Waals surface area (Å²) >= 11 is 1.35. The number of anilines is 3. The molecule has 0 saturated heterocycles. The topological polar surface area (TPSA) is 154 Å². The number of carbonyl (C=O) groups excluding carboxylic acids is 4. The Hall–Kier alpha value is -5.17. The van der Waals surface area contributed by atoms with E-state index in [0.717, 1.165) is 15.8 Å². The van der Waals surface area contributed by atoms with Crippen molar-refractivity contribution in [3.05, 3.63) is 71.2 Å². The standard InChI is InChI=1S/C31H31N5O7S/c1-6-41-30(40)27-34-25(16-36(27)5)35-28(38)22-13-17-11-20(7-9-21(17)42-22)33-29(39)24-14-18-12-19(8-10-23(18)44-24)32-15-26(37)43-31(2,3)4/h7-14,16,32H,6,15H2,1-5H3,(H,33,39)(H,35,38). The number of esters is 2. The Kier molecular flexibility index (Phi) is 8.41. The molecule has 0 aliphatic carbocycles. The van der Waals surface area contributed by atoms with E-state index in [2.05, 4.69) is 20.9 Å². The molecule has 0 unspecified atom stereocenters. The second-order valence-electron chi connectivity index (χ2n) is 10.9. The number of furan rings is 1. The van der Waals surface area contributed by atoms with Gasteiger partial charge in [-0.3, -0.25) is 14.4 Å². The Morgan fingerprint density at radius 2 is 1.70 bits per heavy atom. The van der Waals surface area contributed by atoms with E-state index in [0.29, 0.717) is 21.5 Å². The van der Waals surface area contributed by atoms with E-state index in [4.69, 9.17) is 13.9 Å². The largest absolute Gasteiger partial charge is 0.460 e. The summed E-state index contributed by atoms with van der Waals surface area (Å²) in [4.78, 5) is 54.6. The van der Waals surface area contributed by atoms with Gasteiger partial charge < -0.3 is 34.4 Å². The minimum Gasteiger partial charge on any atom is -0.460 e. The summed E-state index contributed by atoms with van der Waals surface area (Å²) in [7, 11) is 1.62. The van der Waals surface area contributed by atoms with Gasteiger partial charge in [0.25, 0.3) is 11.8 Å². The Morgan fingerprint density at radius 3 is 2.45 bits per heavy atom. The summed E-state index contributed by atoms with van der Waals surface area (Å²) in [5.41, 5.74) is 1.15. The maximum atomic E-state index is 13.1. The molecule has 5 aromatic rings. The van der Waals surface area contributed by atoms with Crippen LogP contribution in [0.3, 0.4) is 0 Å². The van der Waals surface area contributed by atoms with Crippen LogP contribution in [0.4, 0.5) is 17.2 Å². The van der Waals surface area contributed by atoms with Gasteiger partial charge in [-0.15, -0.1) is 11.3 Å². The average Bonchev–Trinajstić information content (AvgIpc) is 3.67. The van der Waals surface area contributed by atoms with Gasteiger partial charge in [0.2, 0.25) is 5.82 Å². The highest BCUT2D eigenvalue weighted by molar-refractivity contribution is 7.20. The van der Waals surface area contributed by atoms with E-state index in [-0.39, 0.29) is 42.4 Å². The third-order valence-corrected chi connectivity index (χ3v) is 7.29. The molecule has 0 radical (unpaired) electrons. The molecule has 0 bridgehead atoms. The van der Waals surface area contributed by atoms with Crippen LogP contribution in [0, 0.1) is 0 Å². The minimum atomic E-state index is -0.596. The number of ether oxygens (including phenoxy) is 2. The summed E-state index contributed by atoms with van der Waals surface area (Å²) in [6, 6.07) is 14.0. The fourth-order valence-electron chi connectivity index (χ4n) is 4.33. The molecule has 0 aliphatic heterocycles. The van der Waals surface area contributed by atoms with Gasteiger partial charge >= 0.3 is 11.9 Å². The van der Waals surface area contributed by atoms with Gasteiger partial charge in [-0.1, -0.05) is 0 Å². The number of thiophene rings is 1. The molecule has 44 heavy (non-hydrogen) atoms. The first-order valence-electron chi connectivity index (χ1n) is 13.7. The van der Waals surface area contributed by atoms with Crippen molar-refractivity contribution in [1.82, 2.24) is 9.55 Å². The smallest absolute Gasteiger partial charge is 0.374 e. The third-order valence-electron chi connectivity index (χ3n) is 6.17. The minimum absolute atomic E-state index is 0.0275. The summed E-state index contributed by atoms with van der Waals surface area (Å²) < 4.78 is 18.4. The van der Waals surface area contributed by atoms with Crippen LogP contribution in [-0.4, -0.2) is 52.1 Å². The summed E-state index contributed by atoms with van der Waals surface area (Å²) in [6.07, 6.45) is 1.50. The molecule has 2 amide bonds. The number of aromatic nitrogens is 2. The fourth-order valence-corrected chi connectivity index (χ4v) is 5.27. The number of rotatable bonds is 9. The van der Waals surface area contributed by atoms with Gasteiger partial charge in [-0.2, -0.15) is 0 Å². The van der Waals surface area contributed by atoms with Crippen molar-refractivity contribution in [2.75, 3.05) is 29.1 Å². The Morgan fingerprint density at radius 1 is 0.955 bits per heavy atom. The molecular weight excluding hydrogens is 586 g/mol. The van der Waals surface area contributed by atoms with Crippen molar-refractivity contribution in [2.24, 2.45) is 7.05 Å². The summed E-state index contributed by atoms with van der Waals surface area (Å²) in [6.45, 7) is 7.37. The first-order valence-corrected chi connectivity index (χ1v) is 14.6. The number of benzene rings is 2. The molecule has 3 heterocycles. The fraction of sp³-hybridized carbons (Fsp3) is 0.258. The van der Waals surface area contributed by atoms with Gasteiger partial charge in [0, 0.05) is 34.7 Å². The van der Waals surface area contributed by atoms with Crippen LogP contribution in [-0.2, 0) is 21.3 Å². The highest BCUT2D eigenvalue weighted by Crippen LogP contribution is 2.30. The maximum absolute atomic E-state index is 13.1. The quantitative estimate of drug-likeness (QED) is 0.174. The molecule has 5 rings (SSSR count). The molecule has 0 aliphatic rings. The lowest BCUT2D eigenvalue weighted by Crippen LogP contribution is -2.28. The van der Waals surface area contributed by atoms with Crippen molar-refractivity contribution < 1.29 is 33.1 Å². The number of fused-ring (bicyclic) bond motifs is 2. The molecule has 0 spiro atoms.